The van der Waals surface area contributed by atoms with Crippen molar-refractivity contribution in [1.29, 1.82) is 0 Å². The van der Waals surface area contributed by atoms with Crippen molar-refractivity contribution in [2.75, 3.05) is 10.6 Å². The molecular formula is C24H22FN7O2. The van der Waals surface area contributed by atoms with Gasteiger partial charge in [-0.2, -0.15) is 10.2 Å². The minimum atomic E-state index is -0.725. The standard InChI is InChI=1S/C24H22FN7O2/c1-13-15(24(34)28-18-10-11-31(2)29-18)7-8-16(20(13)25)21-19(22(26)33)23-27-17-6-4-3-5-14(17)9-12-32(23)30-21/h3-8,10-11,27H,9,12H2,1-2H3,(H2,26,33)(H,28,29,34). The van der Waals surface area contributed by atoms with Crippen molar-refractivity contribution >= 4 is 29.1 Å². The Kier molecular flexibility index (Phi) is 5.12. The number of nitrogens with one attached hydrogen (secondary N) is 2. The Labute approximate surface area is 194 Å². The van der Waals surface area contributed by atoms with E-state index in [9.17, 15) is 9.59 Å². The number of para-hydroxylation sites is 1. The molecule has 10 heteroatoms. The number of carbonyl (C=O) groups is 2. The van der Waals surface area contributed by atoms with Gasteiger partial charge in [0.1, 0.15) is 22.9 Å². The summed E-state index contributed by atoms with van der Waals surface area (Å²) in [7, 11) is 1.73. The van der Waals surface area contributed by atoms with E-state index in [0.29, 0.717) is 24.6 Å². The van der Waals surface area contributed by atoms with Crippen molar-refractivity contribution < 1.29 is 14.0 Å². The Bertz CT molecular complexity index is 1450. The molecule has 2 aromatic heterocycles. The van der Waals surface area contributed by atoms with Gasteiger partial charge in [-0.15, -0.1) is 0 Å². The first-order chi connectivity index (χ1) is 16.3. The molecule has 0 fully saturated rings. The van der Waals surface area contributed by atoms with Crippen LogP contribution in [0.2, 0.25) is 0 Å². The van der Waals surface area contributed by atoms with Gasteiger partial charge >= 0.3 is 0 Å². The highest BCUT2D eigenvalue weighted by molar-refractivity contribution is 6.06. The van der Waals surface area contributed by atoms with Gasteiger partial charge in [-0.1, -0.05) is 18.2 Å². The molecule has 0 unspecified atom stereocenters. The minimum absolute atomic E-state index is 0.0938. The van der Waals surface area contributed by atoms with Gasteiger partial charge in [0.2, 0.25) is 0 Å². The third-order valence-corrected chi connectivity index (χ3v) is 5.90. The second kappa shape index (κ2) is 8.14. The predicted octanol–water partition coefficient (Wildman–Crippen LogP) is 3.38. The van der Waals surface area contributed by atoms with Gasteiger partial charge in [0, 0.05) is 42.7 Å². The second-order valence-electron chi connectivity index (χ2n) is 8.12. The van der Waals surface area contributed by atoms with Gasteiger partial charge in [-0.25, -0.2) is 9.07 Å². The van der Waals surface area contributed by atoms with E-state index in [1.54, 1.807) is 28.7 Å². The van der Waals surface area contributed by atoms with Crippen LogP contribution in [0.1, 0.15) is 31.8 Å². The van der Waals surface area contributed by atoms with Gasteiger partial charge in [0.15, 0.2) is 5.82 Å². The maximum Gasteiger partial charge on any atom is 0.257 e. The number of hydrogen-bond donors (Lipinski definition) is 3. The van der Waals surface area contributed by atoms with Crippen LogP contribution in [0.5, 0.6) is 0 Å². The Morgan fingerprint density at radius 2 is 1.94 bits per heavy atom. The summed E-state index contributed by atoms with van der Waals surface area (Å²) < 4.78 is 18.7. The largest absolute Gasteiger partial charge is 0.365 e. The van der Waals surface area contributed by atoms with Crippen molar-refractivity contribution in [1.82, 2.24) is 19.6 Å². The van der Waals surface area contributed by atoms with Gasteiger partial charge < -0.3 is 16.4 Å². The second-order valence-corrected chi connectivity index (χ2v) is 8.12. The molecule has 172 valence electrons. The van der Waals surface area contributed by atoms with Crippen LogP contribution in [0.25, 0.3) is 11.3 Å². The van der Waals surface area contributed by atoms with E-state index in [2.05, 4.69) is 20.8 Å². The van der Waals surface area contributed by atoms with Crippen LogP contribution in [-0.4, -0.2) is 31.4 Å². The zero-order valence-corrected chi connectivity index (χ0v) is 18.6. The summed E-state index contributed by atoms with van der Waals surface area (Å²) in [6, 6.07) is 12.3. The van der Waals surface area contributed by atoms with Crippen molar-refractivity contribution in [3.63, 3.8) is 0 Å². The number of anilines is 3. The molecule has 0 atom stereocenters. The normalized spacial score (nSPS) is 12.3. The minimum Gasteiger partial charge on any atom is -0.365 e. The first-order valence-corrected chi connectivity index (χ1v) is 10.7. The monoisotopic (exact) mass is 459 g/mol. The molecule has 0 aliphatic carbocycles. The SMILES string of the molecule is Cc1c(C(=O)Nc2ccn(C)n2)ccc(-c2nn3c(c2C(N)=O)Nc2ccccc2CC3)c1F. The first-order valence-electron chi connectivity index (χ1n) is 10.7. The molecule has 1 aliphatic rings. The van der Waals surface area contributed by atoms with E-state index in [0.717, 1.165) is 11.3 Å². The molecule has 0 saturated carbocycles. The van der Waals surface area contributed by atoms with Crippen LogP contribution in [0.15, 0.2) is 48.7 Å². The molecular weight excluding hydrogens is 437 g/mol. The number of aromatic nitrogens is 4. The van der Waals surface area contributed by atoms with E-state index in [1.165, 1.54) is 19.1 Å². The van der Waals surface area contributed by atoms with Crippen molar-refractivity contribution in [2.45, 2.75) is 19.9 Å². The number of primary amides is 1. The van der Waals surface area contributed by atoms with E-state index >= 15 is 4.39 Å². The molecule has 0 bridgehead atoms. The molecule has 0 radical (unpaired) electrons. The summed E-state index contributed by atoms with van der Waals surface area (Å²) in [6.45, 7) is 2.00. The number of aryl methyl sites for hydroxylation is 3. The zero-order valence-electron chi connectivity index (χ0n) is 18.6. The van der Waals surface area contributed by atoms with Gasteiger partial charge in [-0.3, -0.25) is 14.3 Å². The number of halogens is 1. The molecule has 34 heavy (non-hydrogen) atoms. The lowest BCUT2D eigenvalue weighted by Gasteiger charge is -2.11. The molecule has 3 heterocycles. The maximum atomic E-state index is 15.6. The highest BCUT2D eigenvalue weighted by Crippen LogP contribution is 2.36. The third kappa shape index (κ3) is 3.58. The lowest BCUT2D eigenvalue weighted by Crippen LogP contribution is -2.16. The van der Waals surface area contributed by atoms with Crippen LogP contribution < -0.4 is 16.4 Å². The smallest absolute Gasteiger partial charge is 0.257 e. The summed E-state index contributed by atoms with van der Waals surface area (Å²) in [4.78, 5) is 25.2. The molecule has 0 spiro atoms. The van der Waals surface area contributed by atoms with Crippen LogP contribution in [-0.2, 0) is 20.0 Å². The van der Waals surface area contributed by atoms with Gasteiger partial charge in [0.05, 0.1) is 0 Å². The van der Waals surface area contributed by atoms with Crippen molar-refractivity contribution in [3.8, 4) is 11.3 Å². The lowest BCUT2D eigenvalue weighted by atomic mass is 9.99. The quantitative estimate of drug-likeness (QED) is 0.432. The topological polar surface area (TPSA) is 120 Å². The summed E-state index contributed by atoms with van der Waals surface area (Å²) >= 11 is 0. The molecule has 4 N–H and O–H groups in total. The summed E-state index contributed by atoms with van der Waals surface area (Å²) in [6.07, 6.45) is 2.37. The molecule has 0 saturated heterocycles. The molecule has 2 aromatic carbocycles. The predicted molar refractivity (Wildman–Crippen MR) is 125 cm³/mol. The van der Waals surface area contributed by atoms with Crippen molar-refractivity contribution in [2.24, 2.45) is 12.8 Å². The maximum absolute atomic E-state index is 15.6. The summed E-state index contributed by atoms with van der Waals surface area (Å²) in [5.41, 5.74) is 8.24. The molecule has 1 aliphatic heterocycles. The average molecular weight is 459 g/mol. The number of nitrogens with zero attached hydrogens (tertiary/aromatic N) is 4. The van der Waals surface area contributed by atoms with Crippen LogP contribution in [0.4, 0.5) is 21.7 Å². The first kappa shape index (κ1) is 21.4. The number of fused-ring (bicyclic) bond motifs is 2. The highest BCUT2D eigenvalue weighted by Gasteiger charge is 2.28. The van der Waals surface area contributed by atoms with Gasteiger partial charge in [-0.05, 0) is 42.7 Å². The average Bonchev–Trinajstić information content (AvgIpc) is 3.32. The number of carbonyl (C=O) groups excluding carboxylic acids is 2. The van der Waals surface area contributed by atoms with Crippen LogP contribution in [0, 0.1) is 12.7 Å². The van der Waals surface area contributed by atoms with E-state index < -0.39 is 17.6 Å². The highest BCUT2D eigenvalue weighted by atomic mass is 19.1. The fraction of sp³-hybridized carbons (Fsp3) is 0.167. The Hall–Kier alpha value is -4.47. The summed E-state index contributed by atoms with van der Waals surface area (Å²) in [5.74, 6) is -1.09. The number of rotatable bonds is 4. The third-order valence-electron chi connectivity index (χ3n) is 5.90. The number of nitrogens with two attached hydrogens (primary N) is 1. The van der Waals surface area contributed by atoms with Crippen LogP contribution in [0.3, 0.4) is 0 Å². The fourth-order valence-corrected chi connectivity index (χ4v) is 4.17. The van der Waals surface area contributed by atoms with E-state index in [1.807, 2.05) is 24.3 Å². The molecule has 2 amide bonds. The molecule has 5 rings (SSSR count). The molecule has 9 nitrogen and oxygen atoms in total. The van der Waals surface area contributed by atoms with Crippen LogP contribution >= 0.6 is 0 Å². The Morgan fingerprint density at radius 3 is 2.68 bits per heavy atom. The Balaban J connectivity index is 1.55. The zero-order chi connectivity index (χ0) is 24.0. The van der Waals surface area contributed by atoms with Gasteiger partial charge in [0.25, 0.3) is 11.8 Å². The number of amides is 2. The van der Waals surface area contributed by atoms with Crippen molar-refractivity contribution in [3.05, 3.63) is 76.7 Å². The fourth-order valence-electron chi connectivity index (χ4n) is 4.17. The Morgan fingerprint density at radius 1 is 1.15 bits per heavy atom. The molecule has 4 aromatic rings. The summed E-state index contributed by atoms with van der Waals surface area (Å²) in [5, 5.41) is 14.5. The lowest BCUT2D eigenvalue weighted by molar-refractivity contribution is 0.0998. The number of hydrogen-bond acceptors (Lipinski definition) is 5. The van der Waals surface area contributed by atoms with E-state index in [-0.39, 0.29) is 27.9 Å². The number of benzene rings is 2. The van der Waals surface area contributed by atoms with E-state index in [4.69, 9.17) is 5.73 Å².